The Morgan fingerprint density at radius 2 is 1.00 bits per heavy atom. The van der Waals surface area contributed by atoms with E-state index in [1.165, 1.54) is 0 Å². The fourth-order valence-corrected chi connectivity index (χ4v) is 0. The summed E-state index contributed by atoms with van der Waals surface area (Å²) in [4.78, 5) is 39.8. The normalized spacial score (nSPS) is 7.92. The van der Waals surface area contributed by atoms with Crippen molar-refractivity contribution in [2.24, 2.45) is 0 Å². The van der Waals surface area contributed by atoms with Gasteiger partial charge in [-0.05, 0) is 0 Å². The Bertz CT molecular complexity index is 189. The van der Waals surface area contributed by atoms with Crippen LogP contribution in [0.2, 0.25) is 0 Å². The van der Waals surface area contributed by atoms with Gasteiger partial charge in [-0.2, -0.15) is 0 Å². The van der Waals surface area contributed by atoms with E-state index in [4.69, 9.17) is 39.0 Å². The first-order valence-electron chi connectivity index (χ1n) is 1.89. The molecule has 0 spiro atoms. The third kappa shape index (κ3) is 58.6. The molecule has 0 aromatic heterocycles. The smallest absolute Gasteiger partial charge is 1.00 e. The van der Waals surface area contributed by atoms with Gasteiger partial charge in [0.25, 0.3) is 0 Å². The van der Waals surface area contributed by atoms with Gasteiger partial charge in [-0.3, -0.25) is 0 Å². The number of hydrogen-bond acceptors (Lipinski definition) is 3. The summed E-state index contributed by atoms with van der Waals surface area (Å²) >= 11 is 0. The van der Waals surface area contributed by atoms with Gasteiger partial charge in [-0.15, -0.1) is 0 Å². The Morgan fingerprint density at radius 3 is 1.00 bits per heavy atom. The fourth-order valence-electron chi connectivity index (χ4n) is 0. The molecule has 0 aliphatic rings. The van der Waals surface area contributed by atoms with Crippen LogP contribution >= 0.6 is 7.82 Å². The number of carbonyl (C=O) groups is 2. The van der Waals surface area contributed by atoms with Gasteiger partial charge < -0.3 is 30.6 Å². The maximum absolute atomic E-state index is 9.10. The Hall–Kier alpha value is 1.57. The van der Waals surface area contributed by atoms with E-state index in [0.29, 0.717) is 0 Å². The van der Waals surface area contributed by atoms with Crippen molar-refractivity contribution < 1.29 is 44.8 Å². The first kappa shape index (κ1) is 24.0. The van der Waals surface area contributed by atoms with Crippen LogP contribution in [0.15, 0.2) is 0 Å². The zero-order valence-corrected chi connectivity index (χ0v) is 11.6. The third-order valence-electron chi connectivity index (χ3n) is 0.183. The van der Waals surface area contributed by atoms with Crippen molar-refractivity contribution in [3.05, 3.63) is 0 Å². The molecule has 74 valence electrons. The second-order valence-electron chi connectivity index (χ2n) is 1.12. The zero-order valence-electron chi connectivity index (χ0n) is 10.3. The Balaban J connectivity index is -0.0000000118. The van der Waals surface area contributed by atoms with E-state index < -0.39 is 19.8 Å². The third-order valence-corrected chi connectivity index (χ3v) is 0.183. The second-order valence-corrected chi connectivity index (χ2v) is 2.15. The molecule has 0 fully saturated rings. The summed E-state index contributed by atoms with van der Waals surface area (Å²) in [6.07, 6.45) is 0. The summed E-state index contributed by atoms with van der Waals surface area (Å²) in [7, 11) is -4.64. The van der Waals surface area contributed by atoms with Crippen molar-refractivity contribution in [3.8, 4) is 0 Å². The van der Waals surface area contributed by atoms with Crippen LogP contribution in [0.4, 0.5) is 0 Å². The molecule has 0 aliphatic heterocycles. The molecule has 0 unspecified atom stereocenters. The van der Waals surface area contributed by atoms with E-state index in [-0.39, 0.29) is 81.2 Å². The van der Waals surface area contributed by atoms with E-state index in [1.807, 2.05) is 0 Å². The number of carboxylic acid groups (broad SMARTS) is 2. The number of hydrogen-bond donors (Lipinski definition) is 5. The molecule has 0 aliphatic carbocycles. The van der Waals surface area contributed by atoms with Gasteiger partial charge in [0, 0.05) is 0 Å². The molecule has 0 aromatic carbocycles. The van der Waals surface area contributed by atoms with Crippen molar-refractivity contribution in [3.63, 3.8) is 0 Å². The van der Waals surface area contributed by atoms with Crippen LogP contribution in [0.1, 0.15) is 5.71 Å². The van der Waals surface area contributed by atoms with Crippen LogP contribution in [-0.2, 0) is 14.2 Å². The molecule has 0 amide bonds. The van der Waals surface area contributed by atoms with Crippen molar-refractivity contribution in [1.29, 1.82) is 0 Å². The molecule has 0 radical (unpaired) electrons. The molecule has 11 heteroatoms. The molecule has 8 nitrogen and oxygen atoms in total. The van der Waals surface area contributed by atoms with Gasteiger partial charge in [0.15, 0.2) is 0 Å². The minimum atomic E-state index is -4.64. The van der Waals surface area contributed by atoms with Crippen molar-refractivity contribution in [1.82, 2.24) is 0 Å². The van der Waals surface area contributed by atoms with E-state index >= 15 is 0 Å². The molecule has 0 saturated heterocycles. The van der Waals surface area contributed by atoms with Crippen LogP contribution < -0.4 is 0 Å². The Kier molecular flexibility index (Phi) is 21.5. The SMILES string of the molecule is O=C(O)C(=O)O.O=P(O)(O)O.[Ca+2].[Ca+2].[H-].[H-].[H-].[H-]. The van der Waals surface area contributed by atoms with Crippen molar-refractivity contribution in [2.75, 3.05) is 0 Å². The molecule has 0 bridgehead atoms. The fraction of sp³-hybridized carbons (Fsp3) is 0. The minimum Gasteiger partial charge on any atom is -1.00 e. The predicted octanol–water partition coefficient (Wildman–Crippen LogP) is -2.08. The topological polar surface area (TPSA) is 152 Å². The number of carboxylic acids is 2. The van der Waals surface area contributed by atoms with Crippen LogP contribution in [0.3, 0.4) is 0 Å². The average molecular weight is 272 g/mol. The number of rotatable bonds is 0. The predicted molar refractivity (Wildman–Crippen MR) is 45.5 cm³/mol. The molecule has 0 saturated carbocycles. The molecular weight excluding hydrogens is 263 g/mol. The van der Waals surface area contributed by atoms with E-state index in [0.717, 1.165) is 0 Å². The summed E-state index contributed by atoms with van der Waals surface area (Å²) in [5.74, 6) is -3.65. The first-order valence-corrected chi connectivity index (χ1v) is 3.45. The molecule has 13 heavy (non-hydrogen) atoms. The number of aliphatic carboxylic acids is 2. The maximum atomic E-state index is 9.10. The van der Waals surface area contributed by atoms with Crippen LogP contribution in [-0.4, -0.2) is 112 Å². The summed E-state index contributed by atoms with van der Waals surface area (Å²) < 4.78 is 8.88. The van der Waals surface area contributed by atoms with Gasteiger partial charge in [0.2, 0.25) is 0 Å². The van der Waals surface area contributed by atoms with Gasteiger partial charge in [0.1, 0.15) is 0 Å². The standard InChI is InChI=1S/C2H2O4.2Ca.H3O4P.4H/c3-1(4)2(5)6;;;1-5(2,3)4;;;;/h(H,3,4)(H,5,6);;;(H3,1,2,3,4);;;;/q;2*+2;;4*-1. The summed E-state index contributed by atoms with van der Waals surface area (Å²) in [6, 6.07) is 0. The average Bonchev–Trinajstić information content (AvgIpc) is 1.59. The van der Waals surface area contributed by atoms with E-state index in [9.17, 15) is 0 Å². The van der Waals surface area contributed by atoms with Crippen LogP contribution in [0, 0.1) is 0 Å². The van der Waals surface area contributed by atoms with Gasteiger partial charge in [0.05, 0.1) is 0 Å². The quantitative estimate of drug-likeness (QED) is 0.191. The van der Waals surface area contributed by atoms with Crippen molar-refractivity contribution >= 4 is 95.2 Å². The van der Waals surface area contributed by atoms with Crippen LogP contribution in [0.25, 0.3) is 0 Å². The molecular formula is C2H9Ca2O8P. The maximum Gasteiger partial charge on any atom is 2.00 e. The zero-order chi connectivity index (χ0) is 9.65. The summed E-state index contributed by atoms with van der Waals surface area (Å²) in [5.41, 5.74) is 0. The van der Waals surface area contributed by atoms with Crippen molar-refractivity contribution in [2.45, 2.75) is 0 Å². The summed E-state index contributed by atoms with van der Waals surface area (Å²) in [5, 5.41) is 14.8. The molecule has 5 N–H and O–H groups in total. The molecule has 0 aromatic rings. The van der Waals surface area contributed by atoms with E-state index in [1.54, 1.807) is 0 Å². The van der Waals surface area contributed by atoms with Crippen LogP contribution in [0.5, 0.6) is 0 Å². The molecule has 0 rings (SSSR count). The minimum absolute atomic E-state index is 0. The molecule has 0 heterocycles. The van der Waals surface area contributed by atoms with E-state index in [2.05, 4.69) is 0 Å². The van der Waals surface area contributed by atoms with Gasteiger partial charge in [-0.1, -0.05) is 0 Å². The summed E-state index contributed by atoms with van der Waals surface area (Å²) in [6.45, 7) is 0. The van der Waals surface area contributed by atoms with Gasteiger partial charge >= 0.3 is 95.2 Å². The Labute approximate surface area is 138 Å². The monoisotopic (exact) mass is 272 g/mol. The Morgan fingerprint density at radius 1 is 0.923 bits per heavy atom. The van der Waals surface area contributed by atoms with Gasteiger partial charge in [-0.25, -0.2) is 14.2 Å². The number of phosphoric acid groups is 1. The second kappa shape index (κ2) is 11.6. The first-order chi connectivity index (χ1) is 4.64. The molecule has 0 atom stereocenters. The largest absolute Gasteiger partial charge is 2.00 e.